The Balaban J connectivity index is 2.78. The van der Waals surface area contributed by atoms with E-state index in [4.69, 9.17) is 0 Å². The standard InChI is InChI=1S/C12H13F2IN2O3S/c1-12(2,3)21(18,19)8-6-17-9(15)5-16-10(17)4-7(8)20-11(13)14/h4-6,11H,1-3H3. The SMILES string of the molecule is CC(C)(C)S(=O)(=O)c1cn2c(I)cnc2cc1OC(F)F. The quantitative estimate of drug-likeness (QED) is 0.703. The summed E-state index contributed by atoms with van der Waals surface area (Å²) in [4.78, 5) is 3.73. The van der Waals surface area contributed by atoms with Gasteiger partial charge in [0, 0.05) is 12.3 Å². The Kier molecular flexibility index (Phi) is 4.17. The molecule has 0 amide bonds. The number of sulfone groups is 1. The summed E-state index contributed by atoms with van der Waals surface area (Å²) in [5, 5.41) is 0. The first kappa shape index (κ1) is 16.4. The van der Waals surface area contributed by atoms with Crippen molar-refractivity contribution in [3.63, 3.8) is 0 Å². The fourth-order valence-electron chi connectivity index (χ4n) is 1.68. The smallest absolute Gasteiger partial charge is 0.387 e. The van der Waals surface area contributed by atoms with Gasteiger partial charge in [-0.05, 0) is 43.4 Å². The van der Waals surface area contributed by atoms with Gasteiger partial charge in [0.1, 0.15) is 20.0 Å². The normalized spacial score (nSPS) is 13.1. The van der Waals surface area contributed by atoms with Crippen molar-refractivity contribution < 1.29 is 21.9 Å². The second-order valence-corrected chi connectivity index (χ2v) is 9.08. The molecule has 2 aromatic heterocycles. The van der Waals surface area contributed by atoms with E-state index in [9.17, 15) is 17.2 Å². The summed E-state index contributed by atoms with van der Waals surface area (Å²) >= 11 is 1.97. The predicted molar refractivity (Wildman–Crippen MR) is 81.5 cm³/mol. The minimum absolute atomic E-state index is 0.279. The Bertz CT molecular complexity index is 782. The summed E-state index contributed by atoms with van der Waals surface area (Å²) < 4.78 is 55.6. The summed E-state index contributed by atoms with van der Waals surface area (Å²) in [6, 6.07) is 1.20. The molecule has 2 aromatic rings. The maximum atomic E-state index is 12.6. The van der Waals surface area contributed by atoms with E-state index in [2.05, 4.69) is 9.72 Å². The van der Waals surface area contributed by atoms with E-state index in [0.717, 1.165) is 0 Å². The van der Waals surface area contributed by atoms with Gasteiger partial charge in [0.15, 0.2) is 9.84 Å². The largest absolute Gasteiger partial charge is 0.433 e. The van der Waals surface area contributed by atoms with Gasteiger partial charge < -0.3 is 4.74 Å². The number of rotatable bonds is 3. The molecule has 0 radical (unpaired) electrons. The number of hydrogen-bond acceptors (Lipinski definition) is 4. The van der Waals surface area contributed by atoms with E-state index in [-0.39, 0.29) is 4.90 Å². The Morgan fingerprint density at radius 2 is 2.00 bits per heavy atom. The molecule has 0 saturated carbocycles. The van der Waals surface area contributed by atoms with Crippen LogP contribution < -0.4 is 4.74 Å². The predicted octanol–water partition coefficient (Wildman–Crippen LogP) is 3.11. The molecule has 21 heavy (non-hydrogen) atoms. The third kappa shape index (κ3) is 2.98. The second-order valence-electron chi connectivity index (χ2n) is 5.31. The lowest BCUT2D eigenvalue weighted by Crippen LogP contribution is -2.29. The van der Waals surface area contributed by atoms with Gasteiger partial charge in [0.2, 0.25) is 0 Å². The molecule has 116 valence electrons. The van der Waals surface area contributed by atoms with E-state index in [1.807, 2.05) is 22.6 Å². The molecule has 0 spiro atoms. The minimum Gasteiger partial charge on any atom is -0.433 e. The zero-order valence-corrected chi connectivity index (χ0v) is 14.4. The van der Waals surface area contributed by atoms with Crippen LogP contribution in [0.5, 0.6) is 5.75 Å². The van der Waals surface area contributed by atoms with E-state index in [1.165, 1.54) is 43.6 Å². The molecule has 0 atom stereocenters. The van der Waals surface area contributed by atoms with Crippen LogP contribution in [0, 0.1) is 3.70 Å². The van der Waals surface area contributed by atoms with E-state index >= 15 is 0 Å². The highest BCUT2D eigenvalue weighted by molar-refractivity contribution is 14.1. The lowest BCUT2D eigenvalue weighted by atomic mass is 10.3. The zero-order valence-electron chi connectivity index (χ0n) is 11.5. The van der Waals surface area contributed by atoms with Crippen molar-refractivity contribution >= 4 is 38.1 Å². The van der Waals surface area contributed by atoms with Crippen molar-refractivity contribution in [3.8, 4) is 5.75 Å². The molecule has 0 aromatic carbocycles. The molecule has 0 aliphatic rings. The number of imidazole rings is 1. The first-order chi connectivity index (χ1) is 9.54. The Morgan fingerprint density at radius 3 is 2.52 bits per heavy atom. The first-order valence-corrected chi connectivity index (χ1v) is 8.46. The molecule has 0 aliphatic heterocycles. The number of hydrogen-bond donors (Lipinski definition) is 0. The lowest BCUT2D eigenvalue weighted by molar-refractivity contribution is -0.0517. The van der Waals surface area contributed by atoms with Crippen molar-refractivity contribution in [3.05, 3.63) is 22.2 Å². The van der Waals surface area contributed by atoms with Gasteiger partial charge in [-0.3, -0.25) is 4.40 Å². The average Bonchev–Trinajstić information content (AvgIpc) is 2.67. The highest BCUT2D eigenvalue weighted by Crippen LogP contribution is 2.34. The molecule has 0 unspecified atom stereocenters. The van der Waals surface area contributed by atoms with Gasteiger partial charge in [-0.25, -0.2) is 13.4 Å². The van der Waals surface area contributed by atoms with Gasteiger partial charge in [0.05, 0.1) is 10.9 Å². The molecular formula is C12H13F2IN2O3S. The van der Waals surface area contributed by atoms with Crippen molar-refractivity contribution in [1.29, 1.82) is 0 Å². The first-order valence-electron chi connectivity index (χ1n) is 5.90. The maximum absolute atomic E-state index is 12.6. The highest BCUT2D eigenvalue weighted by atomic mass is 127. The fraction of sp³-hybridized carbons (Fsp3) is 0.417. The summed E-state index contributed by atoms with van der Waals surface area (Å²) in [7, 11) is -3.85. The van der Waals surface area contributed by atoms with E-state index in [0.29, 0.717) is 9.35 Å². The molecule has 5 nitrogen and oxygen atoms in total. The molecule has 0 saturated heterocycles. The molecule has 0 bridgehead atoms. The number of alkyl halides is 2. The Labute approximate surface area is 134 Å². The van der Waals surface area contributed by atoms with Gasteiger partial charge >= 0.3 is 6.61 Å². The summed E-state index contributed by atoms with van der Waals surface area (Å²) in [6.07, 6.45) is 2.78. The van der Waals surface area contributed by atoms with Crippen LogP contribution in [0.4, 0.5) is 8.78 Å². The number of aromatic nitrogens is 2. The second kappa shape index (κ2) is 5.34. The third-order valence-electron chi connectivity index (χ3n) is 2.84. The molecule has 0 aliphatic carbocycles. The molecule has 2 heterocycles. The summed E-state index contributed by atoms with van der Waals surface area (Å²) in [5.74, 6) is -0.394. The number of pyridine rings is 1. The lowest BCUT2D eigenvalue weighted by Gasteiger charge is -2.21. The van der Waals surface area contributed by atoms with E-state index < -0.39 is 26.9 Å². The summed E-state index contributed by atoms with van der Waals surface area (Å²) in [5.41, 5.74) is 0.336. The van der Waals surface area contributed by atoms with Crippen LogP contribution in [0.25, 0.3) is 5.65 Å². The number of ether oxygens (including phenoxy) is 1. The zero-order chi connectivity index (χ0) is 16.0. The van der Waals surface area contributed by atoms with Crippen LogP contribution in [0.1, 0.15) is 20.8 Å². The number of halogens is 3. The van der Waals surface area contributed by atoms with Crippen LogP contribution >= 0.6 is 22.6 Å². The molecule has 0 fully saturated rings. The minimum atomic E-state index is -3.85. The van der Waals surface area contributed by atoms with Crippen LogP contribution in [0.15, 0.2) is 23.4 Å². The van der Waals surface area contributed by atoms with Crippen molar-refractivity contribution in [2.45, 2.75) is 37.0 Å². The van der Waals surface area contributed by atoms with Crippen LogP contribution in [-0.2, 0) is 9.84 Å². The molecule has 9 heteroatoms. The van der Waals surface area contributed by atoms with Crippen LogP contribution in [0.3, 0.4) is 0 Å². The molecule has 0 N–H and O–H groups in total. The number of nitrogens with zero attached hydrogens (tertiary/aromatic N) is 2. The van der Waals surface area contributed by atoms with Crippen molar-refractivity contribution in [1.82, 2.24) is 9.38 Å². The van der Waals surface area contributed by atoms with Gasteiger partial charge in [-0.15, -0.1) is 0 Å². The van der Waals surface area contributed by atoms with Crippen molar-refractivity contribution in [2.75, 3.05) is 0 Å². The maximum Gasteiger partial charge on any atom is 0.387 e. The fourth-order valence-corrected chi connectivity index (χ4v) is 3.48. The number of fused-ring (bicyclic) bond motifs is 1. The van der Waals surface area contributed by atoms with Crippen LogP contribution in [-0.4, -0.2) is 29.2 Å². The third-order valence-corrected chi connectivity index (χ3v) is 6.14. The van der Waals surface area contributed by atoms with Crippen molar-refractivity contribution in [2.24, 2.45) is 0 Å². The topological polar surface area (TPSA) is 60.7 Å². The van der Waals surface area contributed by atoms with Gasteiger partial charge in [-0.2, -0.15) is 8.78 Å². The molecular weight excluding hydrogens is 417 g/mol. The average molecular weight is 430 g/mol. The monoisotopic (exact) mass is 430 g/mol. The summed E-state index contributed by atoms with van der Waals surface area (Å²) in [6.45, 7) is 1.38. The van der Waals surface area contributed by atoms with E-state index in [1.54, 1.807) is 0 Å². The van der Waals surface area contributed by atoms with Gasteiger partial charge in [0.25, 0.3) is 0 Å². The van der Waals surface area contributed by atoms with Gasteiger partial charge in [-0.1, -0.05) is 0 Å². The van der Waals surface area contributed by atoms with Crippen LogP contribution in [0.2, 0.25) is 0 Å². The Morgan fingerprint density at radius 1 is 1.38 bits per heavy atom. The highest BCUT2D eigenvalue weighted by Gasteiger charge is 2.35. The Hall–Kier alpha value is -0.970. The molecule has 2 rings (SSSR count).